The highest BCUT2D eigenvalue weighted by molar-refractivity contribution is 7.82. The first-order chi connectivity index (χ1) is 20.9. The second kappa shape index (κ2) is 13.7. The highest BCUT2D eigenvalue weighted by Crippen LogP contribution is 2.38. The third kappa shape index (κ3) is 7.41. The highest BCUT2D eigenvalue weighted by atomic mass is 32.1. The molecule has 5 aromatic rings. The second-order valence-corrected chi connectivity index (χ2v) is 9.78. The quantitative estimate of drug-likeness (QED) is 0.142. The third-order valence-electron chi connectivity index (χ3n) is 6.39. The molecule has 10 nitrogen and oxygen atoms in total. The van der Waals surface area contributed by atoms with Gasteiger partial charge in [0.2, 0.25) is 5.91 Å². The van der Waals surface area contributed by atoms with Crippen LogP contribution in [0.1, 0.15) is 12.0 Å². The fourth-order valence-corrected chi connectivity index (χ4v) is 4.45. The van der Waals surface area contributed by atoms with Crippen LogP contribution in [-0.2, 0) is 17.8 Å². The van der Waals surface area contributed by atoms with E-state index in [9.17, 15) is 9.59 Å². The Labute approximate surface area is 252 Å². The normalized spacial score (nSPS) is 10.8. The molecule has 2 heterocycles. The molecule has 0 radical (unpaired) electrons. The number of hydrogen-bond acceptors (Lipinski definition) is 8. The van der Waals surface area contributed by atoms with Gasteiger partial charge in [-0.3, -0.25) is 15.1 Å². The average molecular weight is 602 g/mol. The number of carbonyl (C=O) groups excluding carboxylic acids is 2. The Morgan fingerprint density at radius 1 is 1.00 bits per heavy atom. The number of aromatic nitrogens is 3. The van der Waals surface area contributed by atoms with Gasteiger partial charge in [-0.2, -0.15) is 0 Å². The third-order valence-corrected chi connectivity index (χ3v) is 6.80. The minimum absolute atomic E-state index is 0.0138. The number of carbonyl (C=O) groups is 2. The maximum atomic E-state index is 15.1. The number of amides is 3. The van der Waals surface area contributed by atoms with Crippen molar-refractivity contribution in [2.45, 2.75) is 19.4 Å². The Kier molecular flexibility index (Phi) is 9.37. The Morgan fingerprint density at radius 2 is 1.84 bits per heavy atom. The van der Waals surface area contributed by atoms with Gasteiger partial charge in [0.1, 0.15) is 5.75 Å². The van der Waals surface area contributed by atoms with E-state index in [1.54, 1.807) is 61.2 Å². The van der Waals surface area contributed by atoms with Crippen LogP contribution in [0, 0.1) is 5.82 Å². The minimum Gasteiger partial charge on any atom is -0.493 e. The first-order valence-electron chi connectivity index (χ1n) is 13.3. The first kappa shape index (κ1) is 29.4. The van der Waals surface area contributed by atoms with Crippen LogP contribution < -0.4 is 23.8 Å². The summed E-state index contributed by atoms with van der Waals surface area (Å²) in [6.07, 6.45) is 7.69. The van der Waals surface area contributed by atoms with Crippen molar-refractivity contribution in [3.8, 4) is 23.0 Å². The number of ether oxygens (including phenoxy) is 3. The van der Waals surface area contributed by atoms with Crippen molar-refractivity contribution in [3.63, 3.8) is 0 Å². The van der Waals surface area contributed by atoms with Crippen molar-refractivity contribution >= 4 is 41.3 Å². The van der Waals surface area contributed by atoms with E-state index in [0.717, 1.165) is 28.9 Å². The molecular weight excluding hydrogens is 573 g/mol. The number of nitrogens with one attached hydrogen (secondary N) is 1. The molecule has 1 N–H and O–H groups in total. The molecule has 0 bridgehead atoms. The Morgan fingerprint density at radius 3 is 2.58 bits per heavy atom. The fraction of sp³-hybridized carbons (Fsp3) is 0.161. The number of thiol groups is 1. The van der Waals surface area contributed by atoms with Gasteiger partial charge in [-0.1, -0.05) is 43.1 Å². The van der Waals surface area contributed by atoms with E-state index >= 15 is 4.39 Å². The van der Waals surface area contributed by atoms with E-state index in [1.165, 1.54) is 19.2 Å². The SMILES string of the molecule is COc1cc2c(Oc3ccc(N(S)C(=O)NC(=O)Cc4ccccc4)cc3F)ccnc2cc1OCCCn1ccnc1. The van der Waals surface area contributed by atoms with Gasteiger partial charge >= 0.3 is 6.03 Å². The molecule has 0 saturated heterocycles. The molecular formula is C31H28FN5O5S. The van der Waals surface area contributed by atoms with Crippen LogP contribution in [0.3, 0.4) is 0 Å². The van der Waals surface area contributed by atoms with Gasteiger partial charge < -0.3 is 18.8 Å². The van der Waals surface area contributed by atoms with E-state index in [-0.39, 0.29) is 17.9 Å². The number of urea groups is 1. The number of pyridine rings is 1. The molecule has 3 amide bonds. The lowest BCUT2D eigenvalue weighted by molar-refractivity contribution is -0.119. The number of benzene rings is 3. The number of hydrogen-bond donors (Lipinski definition) is 2. The molecule has 0 unspecified atom stereocenters. The Balaban J connectivity index is 1.25. The first-order valence-corrected chi connectivity index (χ1v) is 13.7. The van der Waals surface area contributed by atoms with Gasteiger partial charge in [0.05, 0.1) is 37.7 Å². The molecule has 43 heavy (non-hydrogen) atoms. The number of nitrogens with zero attached hydrogens (tertiary/aromatic N) is 4. The van der Waals surface area contributed by atoms with Gasteiger partial charge in [0, 0.05) is 42.7 Å². The summed E-state index contributed by atoms with van der Waals surface area (Å²) in [5.41, 5.74) is 1.42. The van der Waals surface area contributed by atoms with Crippen LogP contribution in [0.5, 0.6) is 23.0 Å². The molecule has 0 spiro atoms. The summed E-state index contributed by atoms with van der Waals surface area (Å²) in [4.78, 5) is 33.2. The number of imide groups is 1. The number of halogens is 1. The molecule has 0 atom stereocenters. The standard InChI is InChI=1S/C31H28FN5O5S/c1-40-28-18-23-25(19-29(28)41-15-5-13-36-14-12-33-20-36)34-11-10-26(23)42-27-9-8-22(17-24(27)32)37(43)31(39)35-30(38)16-21-6-3-2-4-7-21/h2-4,6-12,14,17-20,43H,5,13,15-16H2,1H3,(H,35,38,39). The summed E-state index contributed by atoms with van der Waals surface area (Å²) in [7, 11) is 1.53. The van der Waals surface area contributed by atoms with E-state index in [4.69, 9.17) is 14.2 Å². The van der Waals surface area contributed by atoms with Crippen molar-refractivity contribution in [1.82, 2.24) is 19.9 Å². The maximum Gasteiger partial charge on any atom is 0.338 e. The van der Waals surface area contributed by atoms with Gasteiger partial charge in [0.15, 0.2) is 23.1 Å². The molecule has 12 heteroatoms. The average Bonchev–Trinajstić information content (AvgIpc) is 3.54. The van der Waals surface area contributed by atoms with Crippen molar-refractivity contribution in [3.05, 3.63) is 103 Å². The van der Waals surface area contributed by atoms with Crippen molar-refractivity contribution < 1.29 is 28.2 Å². The lowest BCUT2D eigenvalue weighted by Gasteiger charge is -2.17. The maximum absolute atomic E-state index is 15.1. The molecule has 3 aromatic carbocycles. The van der Waals surface area contributed by atoms with E-state index in [0.29, 0.717) is 34.8 Å². The van der Waals surface area contributed by atoms with Gasteiger partial charge in [-0.05, 0) is 36.2 Å². The molecule has 0 aliphatic heterocycles. The topological polar surface area (TPSA) is 108 Å². The summed E-state index contributed by atoms with van der Waals surface area (Å²) in [6, 6.07) is 17.1. The number of rotatable bonds is 11. The predicted octanol–water partition coefficient (Wildman–Crippen LogP) is 5.97. The van der Waals surface area contributed by atoms with Crippen molar-refractivity contribution in [2.75, 3.05) is 18.0 Å². The summed E-state index contributed by atoms with van der Waals surface area (Å²) in [5, 5.41) is 2.83. The fourth-order valence-electron chi connectivity index (χ4n) is 4.28. The zero-order valence-electron chi connectivity index (χ0n) is 23.1. The predicted molar refractivity (Wildman–Crippen MR) is 162 cm³/mol. The van der Waals surface area contributed by atoms with Gasteiger partial charge in [-0.15, -0.1) is 0 Å². The molecule has 220 valence electrons. The monoisotopic (exact) mass is 601 g/mol. The smallest absolute Gasteiger partial charge is 0.338 e. The highest BCUT2D eigenvalue weighted by Gasteiger charge is 2.19. The van der Waals surface area contributed by atoms with Crippen LogP contribution in [0.2, 0.25) is 0 Å². The van der Waals surface area contributed by atoms with Crippen molar-refractivity contribution in [2.24, 2.45) is 0 Å². The van der Waals surface area contributed by atoms with Crippen LogP contribution in [-0.4, -0.2) is 40.2 Å². The molecule has 0 fully saturated rings. The zero-order chi connectivity index (χ0) is 30.2. The molecule has 5 rings (SSSR count). The number of aryl methyl sites for hydroxylation is 1. The van der Waals surface area contributed by atoms with E-state index < -0.39 is 17.8 Å². The molecule has 2 aromatic heterocycles. The molecule has 0 aliphatic carbocycles. The van der Waals surface area contributed by atoms with E-state index in [1.807, 2.05) is 16.8 Å². The van der Waals surface area contributed by atoms with E-state index in [2.05, 4.69) is 28.1 Å². The Hall–Kier alpha value is -5.10. The summed E-state index contributed by atoms with van der Waals surface area (Å²) in [5.74, 6) is -0.00285. The summed E-state index contributed by atoms with van der Waals surface area (Å²) >= 11 is 4.15. The lowest BCUT2D eigenvalue weighted by Crippen LogP contribution is -2.39. The van der Waals surface area contributed by atoms with Crippen LogP contribution in [0.25, 0.3) is 10.9 Å². The van der Waals surface area contributed by atoms with Gasteiger partial charge in [-0.25, -0.2) is 18.5 Å². The number of methoxy groups -OCH3 is 1. The Bertz CT molecular complexity index is 1720. The largest absolute Gasteiger partial charge is 0.493 e. The van der Waals surface area contributed by atoms with Crippen molar-refractivity contribution in [1.29, 1.82) is 0 Å². The number of imidazole rings is 1. The molecule has 0 saturated carbocycles. The summed E-state index contributed by atoms with van der Waals surface area (Å²) < 4.78 is 35.4. The second-order valence-electron chi connectivity index (χ2n) is 9.38. The lowest BCUT2D eigenvalue weighted by atomic mass is 10.1. The minimum atomic E-state index is -0.815. The van der Waals surface area contributed by atoms with Crippen LogP contribution in [0.15, 0.2) is 91.6 Å². The zero-order valence-corrected chi connectivity index (χ0v) is 24.0. The number of anilines is 1. The van der Waals surface area contributed by atoms with Crippen LogP contribution in [0.4, 0.5) is 14.9 Å². The van der Waals surface area contributed by atoms with Gasteiger partial charge in [0.25, 0.3) is 0 Å². The van der Waals surface area contributed by atoms with Crippen LogP contribution >= 0.6 is 12.8 Å². The summed E-state index contributed by atoms with van der Waals surface area (Å²) in [6.45, 7) is 1.22. The molecule has 0 aliphatic rings. The number of fused-ring (bicyclic) bond motifs is 1.